The number of benzene rings is 3. The van der Waals surface area contributed by atoms with E-state index in [9.17, 15) is 18.0 Å². The molecule has 1 unspecified atom stereocenters. The average molecular weight is 488 g/mol. The molecule has 0 saturated heterocycles. The summed E-state index contributed by atoms with van der Waals surface area (Å²) in [6, 6.07) is 21.7. The molecule has 176 valence electrons. The lowest BCUT2D eigenvalue weighted by atomic mass is 9.76. The van der Waals surface area contributed by atoms with Crippen LogP contribution in [0.25, 0.3) is 0 Å². The highest BCUT2D eigenvalue weighted by atomic mass is 35.5. The van der Waals surface area contributed by atoms with Gasteiger partial charge in [-0.2, -0.15) is 5.10 Å². The molecule has 9 heteroatoms. The molecule has 2 amide bonds. The van der Waals surface area contributed by atoms with Crippen molar-refractivity contribution >= 4 is 29.0 Å². The Kier molecular flexibility index (Phi) is 6.27. The van der Waals surface area contributed by atoms with Crippen LogP contribution >= 0.6 is 11.6 Å². The van der Waals surface area contributed by atoms with Crippen molar-refractivity contribution in [3.05, 3.63) is 95.0 Å². The first-order valence-electron chi connectivity index (χ1n) is 10.4. The molecule has 0 aromatic heterocycles. The van der Waals surface area contributed by atoms with Crippen LogP contribution < -0.4 is 9.64 Å². The Morgan fingerprint density at radius 3 is 2.24 bits per heavy atom. The number of halogens is 4. The summed E-state index contributed by atoms with van der Waals surface area (Å²) in [7, 11) is 1.54. The molecule has 34 heavy (non-hydrogen) atoms. The summed E-state index contributed by atoms with van der Waals surface area (Å²) in [5.74, 6) is -0.363. The van der Waals surface area contributed by atoms with Crippen LogP contribution in [-0.4, -0.2) is 36.7 Å². The van der Waals surface area contributed by atoms with Gasteiger partial charge in [-0.05, 0) is 54.4 Å². The Balaban J connectivity index is 1.63. The van der Waals surface area contributed by atoms with Crippen LogP contribution in [0, 0.1) is 0 Å². The smallest absolute Gasteiger partial charge is 0.406 e. The predicted molar refractivity (Wildman–Crippen MR) is 125 cm³/mol. The number of hydrogen-bond acceptors (Lipinski definition) is 3. The van der Waals surface area contributed by atoms with Gasteiger partial charge in [-0.3, -0.25) is 4.90 Å². The zero-order chi connectivity index (χ0) is 24.5. The van der Waals surface area contributed by atoms with E-state index in [0.717, 1.165) is 23.3 Å². The molecular formula is C25H21ClF3N3O2. The summed E-state index contributed by atoms with van der Waals surface area (Å²) >= 11 is 6.06. The number of hydrazone groups is 1. The van der Waals surface area contributed by atoms with Crippen LogP contribution in [0.3, 0.4) is 0 Å². The lowest BCUT2D eigenvalue weighted by Crippen LogP contribution is -2.42. The largest absolute Gasteiger partial charge is 0.573 e. The second-order valence-corrected chi connectivity index (χ2v) is 8.53. The molecule has 5 nitrogen and oxygen atoms in total. The van der Waals surface area contributed by atoms with Crippen molar-refractivity contribution in [3.63, 3.8) is 0 Å². The number of alkyl halides is 3. The number of carbonyl (C=O) groups excluding carboxylic acids is 1. The van der Waals surface area contributed by atoms with Crippen molar-refractivity contribution in [3.8, 4) is 5.75 Å². The highest BCUT2D eigenvalue weighted by molar-refractivity contribution is 6.30. The molecule has 0 spiro atoms. The maximum Gasteiger partial charge on any atom is 0.573 e. The Morgan fingerprint density at radius 1 is 1.03 bits per heavy atom. The second-order valence-electron chi connectivity index (χ2n) is 8.09. The molecule has 1 atom stereocenters. The molecule has 1 heterocycles. The number of amides is 2. The van der Waals surface area contributed by atoms with Crippen LogP contribution in [0.15, 0.2) is 84.0 Å². The number of urea groups is 1. The maximum absolute atomic E-state index is 13.3. The lowest BCUT2D eigenvalue weighted by Gasteiger charge is -2.28. The van der Waals surface area contributed by atoms with Gasteiger partial charge in [-0.1, -0.05) is 54.1 Å². The van der Waals surface area contributed by atoms with Gasteiger partial charge in [-0.25, -0.2) is 9.80 Å². The van der Waals surface area contributed by atoms with Crippen LogP contribution in [0.1, 0.15) is 18.1 Å². The summed E-state index contributed by atoms with van der Waals surface area (Å²) < 4.78 is 41.2. The van der Waals surface area contributed by atoms with Crippen LogP contribution in [0.2, 0.25) is 5.02 Å². The van der Waals surface area contributed by atoms with E-state index in [1.165, 1.54) is 29.1 Å². The average Bonchev–Trinajstić information content (AvgIpc) is 3.17. The van der Waals surface area contributed by atoms with Gasteiger partial charge in [0.1, 0.15) is 5.75 Å². The fraction of sp³-hybridized carbons (Fsp3) is 0.200. The monoisotopic (exact) mass is 487 g/mol. The van der Waals surface area contributed by atoms with Crippen molar-refractivity contribution < 1.29 is 22.7 Å². The topological polar surface area (TPSA) is 45.1 Å². The van der Waals surface area contributed by atoms with E-state index in [1.54, 1.807) is 12.1 Å². The summed E-state index contributed by atoms with van der Waals surface area (Å²) in [6.45, 7) is 2.31. The first-order valence-corrected chi connectivity index (χ1v) is 10.8. The van der Waals surface area contributed by atoms with Gasteiger partial charge in [0.05, 0.1) is 17.7 Å². The van der Waals surface area contributed by atoms with Crippen LogP contribution in [0.4, 0.5) is 23.7 Å². The Hall–Kier alpha value is -3.52. The first-order chi connectivity index (χ1) is 16.1. The Bertz CT molecular complexity index is 1200. The third kappa shape index (κ3) is 4.87. The van der Waals surface area contributed by atoms with Crippen LogP contribution in [0.5, 0.6) is 5.75 Å². The van der Waals surface area contributed by atoms with E-state index in [-0.39, 0.29) is 12.3 Å². The molecule has 0 fully saturated rings. The minimum Gasteiger partial charge on any atom is -0.406 e. The van der Waals surface area contributed by atoms with Crippen molar-refractivity contribution in [1.82, 2.24) is 5.01 Å². The highest BCUT2D eigenvalue weighted by Crippen LogP contribution is 2.36. The molecule has 0 bridgehead atoms. The SMILES string of the molecule is CN(C(=O)N1CC(C)(c2ccccc2)C(c2ccc(Cl)cc2)=N1)c1ccc(OC(F)(F)F)cc1. The number of ether oxygens (including phenoxy) is 1. The molecule has 0 N–H and O–H groups in total. The normalized spacial score (nSPS) is 17.9. The Morgan fingerprint density at radius 2 is 1.65 bits per heavy atom. The van der Waals surface area contributed by atoms with E-state index in [0.29, 0.717) is 16.4 Å². The summed E-state index contributed by atoms with van der Waals surface area (Å²) in [5, 5.41) is 6.64. The van der Waals surface area contributed by atoms with Gasteiger partial charge in [-0.15, -0.1) is 13.2 Å². The van der Waals surface area contributed by atoms with Gasteiger partial charge < -0.3 is 4.74 Å². The quantitative estimate of drug-likeness (QED) is 0.423. The molecule has 1 aliphatic rings. The predicted octanol–water partition coefficient (Wildman–Crippen LogP) is 6.47. The third-order valence-corrected chi connectivity index (χ3v) is 5.96. The molecule has 0 radical (unpaired) electrons. The molecule has 3 aromatic rings. The third-order valence-electron chi connectivity index (χ3n) is 5.70. The van der Waals surface area contributed by atoms with Crippen molar-refractivity contribution in [2.75, 3.05) is 18.5 Å². The van der Waals surface area contributed by atoms with Crippen LogP contribution in [-0.2, 0) is 5.41 Å². The maximum atomic E-state index is 13.3. The molecule has 1 aliphatic heterocycles. The standard InChI is InChI=1S/C25H21ClF3N3O2/c1-24(18-6-4-3-5-7-18)16-32(30-22(24)17-8-10-19(26)11-9-17)23(33)31(2)20-12-14-21(15-13-20)34-25(27,28)29/h3-15H,16H2,1-2H3. The number of hydrogen-bond donors (Lipinski definition) is 0. The molecule has 4 rings (SSSR count). The van der Waals surface area contributed by atoms with Gasteiger partial charge in [0, 0.05) is 17.8 Å². The number of rotatable bonds is 4. The highest BCUT2D eigenvalue weighted by Gasteiger charge is 2.43. The fourth-order valence-corrected chi connectivity index (χ4v) is 4.05. The number of nitrogens with zero attached hydrogens (tertiary/aromatic N) is 3. The minimum atomic E-state index is -4.78. The summed E-state index contributed by atoms with van der Waals surface area (Å²) in [4.78, 5) is 14.7. The fourth-order valence-electron chi connectivity index (χ4n) is 3.92. The molecule has 0 aliphatic carbocycles. The molecule has 0 saturated carbocycles. The van der Waals surface area contributed by atoms with E-state index >= 15 is 0 Å². The first kappa shape index (κ1) is 23.6. The van der Waals surface area contributed by atoms with Gasteiger partial charge in [0.2, 0.25) is 0 Å². The number of carbonyl (C=O) groups is 1. The van der Waals surface area contributed by atoms with E-state index < -0.39 is 17.8 Å². The lowest BCUT2D eigenvalue weighted by molar-refractivity contribution is -0.274. The van der Waals surface area contributed by atoms with E-state index in [4.69, 9.17) is 11.6 Å². The minimum absolute atomic E-state index is 0.285. The number of anilines is 1. The van der Waals surface area contributed by atoms with Gasteiger partial charge in [0.15, 0.2) is 0 Å². The Labute approximate surface area is 200 Å². The van der Waals surface area contributed by atoms with Crippen molar-refractivity contribution in [1.29, 1.82) is 0 Å². The van der Waals surface area contributed by atoms with E-state index in [1.807, 2.05) is 49.4 Å². The summed E-state index contributed by atoms with van der Waals surface area (Å²) in [6.07, 6.45) is -4.78. The second kappa shape index (κ2) is 9.02. The zero-order valence-corrected chi connectivity index (χ0v) is 19.1. The van der Waals surface area contributed by atoms with E-state index in [2.05, 4.69) is 9.84 Å². The van der Waals surface area contributed by atoms with Crippen molar-refractivity contribution in [2.45, 2.75) is 18.7 Å². The van der Waals surface area contributed by atoms with Gasteiger partial charge in [0.25, 0.3) is 0 Å². The zero-order valence-electron chi connectivity index (χ0n) is 18.4. The van der Waals surface area contributed by atoms with Crippen molar-refractivity contribution in [2.24, 2.45) is 5.10 Å². The molecular weight excluding hydrogens is 467 g/mol. The molecule has 3 aromatic carbocycles. The van der Waals surface area contributed by atoms with Gasteiger partial charge >= 0.3 is 12.4 Å². The summed E-state index contributed by atoms with van der Waals surface area (Å²) in [5.41, 5.74) is 2.36.